The van der Waals surface area contributed by atoms with Crippen molar-refractivity contribution in [2.45, 2.75) is 43.2 Å². The zero-order chi connectivity index (χ0) is 27.3. The van der Waals surface area contributed by atoms with E-state index in [2.05, 4.69) is 19.6 Å². The molecular weight excluding hydrogens is 528 g/mol. The molecule has 0 spiro atoms. The number of imidazole rings is 1. The molecule has 0 bridgehead atoms. The van der Waals surface area contributed by atoms with Gasteiger partial charge in [-0.25, -0.2) is 35.5 Å². The van der Waals surface area contributed by atoms with Crippen LogP contribution >= 0.6 is 0 Å². The van der Waals surface area contributed by atoms with Crippen LogP contribution in [0.5, 0.6) is 0 Å². The standard InChI is InChI=1S/C25H32N6O5S2/c1-25(2,16-32)30-12-9-17(10-13-30)21(29-37(3,33)34)23-27-20-15-26-24-19(22(20)28-23)11-14-31(24)38(35,36)18-7-5-4-6-8-18/h4-8,11,14-15,17,21,29,32H,9-10,12-13,16H2,1-3H3,(H,27,28). The smallest absolute Gasteiger partial charge is 0.269 e. The molecule has 1 fully saturated rings. The lowest BCUT2D eigenvalue weighted by molar-refractivity contribution is 0.0252. The van der Waals surface area contributed by atoms with Crippen LogP contribution in [0.2, 0.25) is 0 Å². The molecular formula is C25H32N6O5S2. The number of fused-ring (bicyclic) bond motifs is 3. The number of aliphatic hydroxyl groups is 1. The van der Waals surface area contributed by atoms with Crippen LogP contribution in [0.4, 0.5) is 0 Å². The molecule has 1 aliphatic heterocycles. The molecule has 3 N–H and O–H groups in total. The highest BCUT2D eigenvalue weighted by Crippen LogP contribution is 2.34. The number of aliphatic hydroxyl groups excluding tert-OH is 1. The van der Waals surface area contributed by atoms with Crippen LogP contribution in [0.15, 0.2) is 53.7 Å². The van der Waals surface area contributed by atoms with Crippen molar-refractivity contribution in [1.82, 2.24) is 28.5 Å². The molecule has 0 saturated carbocycles. The highest BCUT2D eigenvalue weighted by atomic mass is 32.2. The van der Waals surface area contributed by atoms with Crippen molar-refractivity contribution in [3.05, 3.63) is 54.6 Å². The first-order valence-corrected chi connectivity index (χ1v) is 15.7. The van der Waals surface area contributed by atoms with E-state index in [0.717, 1.165) is 10.2 Å². The van der Waals surface area contributed by atoms with Gasteiger partial charge in [0.15, 0.2) is 5.65 Å². The van der Waals surface area contributed by atoms with Crippen molar-refractivity contribution in [1.29, 1.82) is 0 Å². The van der Waals surface area contributed by atoms with Gasteiger partial charge in [-0.15, -0.1) is 0 Å². The number of benzene rings is 1. The summed E-state index contributed by atoms with van der Waals surface area (Å²) in [5, 5.41) is 10.3. The second kappa shape index (κ2) is 9.72. The second-order valence-corrected chi connectivity index (χ2v) is 14.1. The number of pyridine rings is 1. The van der Waals surface area contributed by atoms with Gasteiger partial charge in [0.2, 0.25) is 10.0 Å². The number of hydrogen-bond donors (Lipinski definition) is 3. The van der Waals surface area contributed by atoms with E-state index < -0.39 is 26.1 Å². The first-order chi connectivity index (χ1) is 17.9. The van der Waals surface area contributed by atoms with Crippen LogP contribution in [0, 0.1) is 5.92 Å². The molecule has 0 amide bonds. The van der Waals surface area contributed by atoms with Crippen LogP contribution in [-0.2, 0) is 20.0 Å². The Morgan fingerprint density at radius 1 is 1.13 bits per heavy atom. The molecule has 0 aliphatic carbocycles. The van der Waals surface area contributed by atoms with Gasteiger partial charge in [0.25, 0.3) is 10.0 Å². The van der Waals surface area contributed by atoms with E-state index in [-0.39, 0.29) is 28.6 Å². The lowest BCUT2D eigenvalue weighted by Gasteiger charge is -2.43. The van der Waals surface area contributed by atoms with Gasteiger partial charge in [0, 0.05) is 17.1 Å². The third-order valence-electron chi connectivity index (χ3n) is 7.34. The summed E-state index contributed by atoms with van der Waals surface area (Å²) in [7, 11) is -7.42. The Bertz CT molecular complexity index is 1670. The van der Waals surface area contributed by atoms with E-state index in [9.17, 15) is 21.9 Å². The Kier molecular flexibility index (Phi) is 6.84. The molecule has 1 aliphatic rings. The van der Waals surface area contributed by atoms with Crippen molar-refractivity contribution in [3.63, 3.8) is 0 Å². The van der Waals surface area contributed by atoms with Crippen molar-refractivity contribution >= 4 is 42.1 Å². The van der Waals surface area contributed by atoms with Gasteiger partial charge >= 0.3 is 0 Å². The molecule has 204 valence electrons. The molecule has 11 nitrogen and oxygen atoms in total. The van der Waals surface area contributed by atoms with Crippen LogP contribution in [0.25, 0.3) is 22.1 Å². The van der Waals surface area contributed by atoms with Crippen molar-refractivity contribution in [3.8, 4) is 0 Å². The van der Waals surface area contributed by atoms with E-state index in [1.807, 2.05) is 13.8 Å². The molecule has 1 unspecified atom stereocenters. The molecule has 38 heavy (non-hydrogen) atoms. The van der Waals surface area contributed by atoms with Crippen molar-refractivity contribution in [2.75, 3.05) is 26.0 Å². The van der Waals surface area contributed by atoms with Crippen LogP contribution in [0.3, 0.4) is 0 Å². The number of nitrogens with zero attached hydrogens (tertiary/aromatic N) is 4. The number of piperidine rings is 1. The number of hydrogen-bond acceptors (Lipinski definition) is 8. The fraction of sp³-hybridized carbons (Fsp3) is 0.440. The number of rotatable bonds is 8. The number of aromatic nitrogens is 4. The molecule has 1 atom stereocenters. The highest BCUT2D eigenvalue weighted by Gasteiger charge is 2.36. The molecule has 4 heterocycles. The second-order valence-electron chi connectivity index (χ2n) is 10.5. The van der Waals surface area contributed by atoms with E-state index in [4.69, 9.17) is 4.98 Å². The quantitative estimate of drug-likeness (QED) is 0.297. The van der Waals surface area contributed by atoms with Crippen molar-refractivity contribution < 1.29 is 21.9 Å². The summed E-state index contributed by atoms with van der Waals surface area (Å²) < 4.78 is 55.0. The lowest BCUT2D eigenvalue weighted by Crippen LogP contribution is -2.51. The number of nitrogens with one attached hydrogen (secondary N) is 2. The number of sulfonamides is 1. The molecule has 5 rings (SSSR count). The Hall–Kier alpha value is -2.84. The van der Waals surface area contributed by atoms with Gasteiger partial charge < -0.3 is 10.1 Å². The summed E-state index contributed by atoms with van der Waals surface area (Å²) >= 11 is 0. The van der Waals surface area contributed by atoms with Crippen LogP contribution < -0.4 is 4.72 Å². The van der Waals surface area contributed by atoms with Crippen molar-refractivity contribution in [2.24, 2.45) is 5.92 Å². The minimum absolute atomic E-state index is 0.0254. The van der Waals surface area contributed by atoms with Crippen LogP contribution in [0.1, 0.15) is 38.6 Å². The first-order valence-electron chi connectivity index (χ1n) is 12.4. The average molecular weight is 561 g/mol. The normalized spacial score (nSPS) is 17.4. The number of H-pyrrole nitrogens is 1. The summed E-state index contributed by atoms with van der Waals surface area (Å²) in [6, 6.07) is 9.19. The highest BCUT2D eigenvalue weighted by molar-refractivity contribution is 7.90. The largest absolute Gasteiger partial charge is 0.394 e. The van der Waals surface area contributed by atoms with Gasteiger partial charge in [0.05, 0.1) is 35.5 Å². The Morgan fingerprint density at radius 3 is 2.45 bits per heavy atom. The molecule has 4 aromatic rings. The SMILES string of the molecule is CC(C)(CO)N1CCC(C(NS(C)(=O)=O)c2nc3c(cnc4c3ccn4S(=O)(=O)c3ccccc3)[nH]2)CC1. The number of aromatic amines is 1. The van der Waals surface area contributed by atoms with E-state index in [0.29, 0.717) is 48.2 Å². The summed E-state index contributed by atoms with van der Waals surface area (Å²) in [6.45, 7) is 5.44. The predicted octanol–water partition coefficient (Wildman–Crippen LogP) is 2.22. The van der Waals surface area contributed by atoms with E-state index in [1.165, 1.54) is 24.5 Å². The number of likely N-dealkylation sites (tertiary alicyclic amines) is 1. The fourth-order valence-electron chi connectivity index (χ4n) is 5.14. The van der Waals surface area contributed by atoms with Gasteiger partial charge in [-0.1, -0.05) is 18.2 Å². The minimum atomic E-state index is -3.86. The molecule has 1 aromatic carbocycles. The zero-order valence-electron chi connectivity index (χ0n) is 21.5. The van der Waals surface area contributed by atoms with E-state index >= 15 is 0 Å². The monoisotopic (exact) mass is 560 g/mol. The minimum Gasteiger partial charge on any atom is -0.394 e. The maximum Gasteiger partial charge on any atom is 0.269 e. The molecule has 0 radical (unpaired) electrons. The third-order valence-corrected chi connectivity index (χ3v) is 9.70. The molecule has 13 heteroatoms. The van der Waals surface area contributed by atoms with Gasteiger partial charge in [0.1, 0.15) is 11.3 Å². The fourth-order valence-corrected chi connectivity index (χ4v) is 7.23. The summed E-state index contributed by atoms with van der Waals surface area (Å²) in [5.41, 5.74) is 0.994. The Balaban J connectivity index is 1.52. The predicted molar refractivity (Wildman–Crippen MR) is 145 cm³/mol. The summed E-state index contributed by atoms with van der Waals surface area (Å²) in [5.74, 6) is 0.431. The Labute approximate surface area is 222 Å². The third kappa shape index (κ3) is 4.96. The lowest BCUT2D eigenvalue weighted by atomic mass is 9.87. The summed E-state index contributed by atoms with van der Waals surface area (Å²) in [6.07, 6.45) is 5.54. The topological polar surface area (TPSA) is 150 Å². The maximum atomic E-state index is 13.2. The Morgan fingerprint density at radius 2 is 1.82 bits per heavy atom. The van der Waals surface area contributed by atoms with Gasteiger partial charge in [-0.2, -0.15) is 0 Å². The molecule has 1 saturated heterocycles. The maximum absolute atomic E-state index is 13.2. The average Bonchev–Trinajstić information content (AvgIpc) is 3.52. The zero-order valence-corrected chi connectivity index (χ0v) is 23.1. The van der Waals surface area contributed by atoms with E-state index in [1.54, 1.807) is 24.3 Å². The first kappa shape index (κ1) is 26.8. The summed E-state index contributed by atoms with van der Waals surface area (Å²) in [4.78, 5) is 14.8. The molecule has 3 aromatic heterocycles. The van der Waals surface area contributed by atoms with Crippen LogP contribution in [-0.4, -0.2) is 77.3 Å². The van der Waals surface area contributed by atoms with Gasteiger partial charge in [-0.05, 0) is 63.9 Å². The van der Waals surface area contributed by atoms with Gasteiger partial charge in [-0.3, -0.25) is 4.90 Å².